The molecule has 7 nitrogen and oxygen atoms in total. The standard InChI is InChI=1S/C18H27N3O4S/c1-14-13-15(7-8-19-14)18(22)20-9-11-21(12-10-20)26(23,24)17-5-3-16(25-2)4-6-17/h3-6,14-15,19H,7-13H2,1-2H3/t14-,15-/m0/s1. The number of sulfonamides is 1. The second-order valence-electron chi connectivity index (χ2n) is 6.98. The monoisotopic (exact) mass is 381 g/mol. The molecule has 2 atom stereocenters. The lowest BCUT2D eigenvalue weighted by Crippen LogP contribution is -2.53. The van der Waals surface area contributed by atoms with E-state index in [1.54, 1.807) is 31.4 Å². The lowest BCUT2D eigenvalue weighted by Gasteiger charge is -2.37. The summed E-state index contributed by atoms with van der Waals surface area (Å²) in [4.78, 5) is 14.8. The molecule has 1 N–H and O–H groups in total. The highest BCUT2D eigenvalue weighted by molar-refractivity contribution is 7.89. The van der Waals surface area contributed by atoms with Gasteiger partial charge < -0.3 is 15.0 Å². The van der Waals surface area contributed by atoms with Crippen molar-refractivity contribution in [2.24, 2.45) is 5.92 Å². The molecule has 2 heterocycles. The molecular formula is C18H27N3O4S. The fraction of sp³-hybridized carbons (Fsp3) is 0.611. The van der Waals surface area contributed by atoms with Crippen LogP contribution in [0.4, 0.5) is 0 Å². The fourth-order valence-electron chi connectivity index (χ4n) is 3.66. The van der Waals surface area contributed by atoms with Crippen molar-refractivity contribution < 1.29 is 17.9 Å². The summed E-state index contributed by atoms with van der Waals surface area (Å²) in [5.74, 6) is 0.839. The van der Waals surface area contributed by atoms with Gasteiger partial charge in [0.25, 0.3) is 0 Å². The zero-order valence-corrected chi connectivity index (χ0v) is 16.2. The topological polar surface area (TPSA) is 79.0 Å². The van der Waals surface area contributed by atoms with E-state index in [4.69, 9.17) is 4.74 Å². The molecule has 1 aromatic carbocycles. The SMILES string of the molecule is COc1ccc(S(=O)(=O)N2CCN(C(=O)[C@H]3CCN[C@@H](C)C3)CC2)cc1. The number of nitrogens with one attached hydrogen (secondary N) is 1. The highest BCUT2D eigenvalue weighted by Gasteiger charge is 2.33. The van der Waals surface area contributed by atoms with E-state index in [9.17, 15) is 13.2 Å². The van der Waals surface area contributed by atoms with Crippen LogP contribution < -0.4 is 10.1 Å². The van der Waals surface area contributed by atoms with Crippen molar-refractivity contribution in [3.63, 3.8) is 0 Å². The molecule has 0 spiro atoms. The molecule has 0 aromatic heterocycles. The maximum atomic E-state index is 12.8. The Hall–Kier alpha value is -1.64. The summed E-state index contributed by atoms with van der Waals surface area (Å²) < 4.78 is 32.1. The molecule has 2 saturated heterocycles. The summed E-state index contributed by atoms with van der Waals surface area (Å²) in [5, 5.41) is 3.36. The molecule has 0 radical (unpaired) electrons. The van der Waals surface area contributed by atoms with Crippen LogP contribution in [-0.2, 0) is 14.8 Å². The average Bonchev–Trinajstić information content (AvgIpc) is 2.67. The van der Waals surface area contributed by atoms with Crippen molar-refractivity contribution in [2.75, 3.05) is 39.8 Å². The van der Waals surface area contributed by atoms with Crippen LogP contribution in [0.5, 0.6) is 5.75 Å². The van der Waals surface area contributed by atoms with Gasteiger partial charge in [-0.1, -0.05) is 0 Å². The summed E-state index contributed by atoms with van der Waals surface area (Å²) >= 11 is 0. The molecule has 0 saturated carbocycles. The summed E-state index contributed by atoms with van der Waals surface area (Å²) in [5.41, 5.74) is 0. The largest absolute Gasteiger partial charge is 0.497 e. The molecule has 2 aliphatic heterocycles. The van der Waals surface area contributed by atoms with Crippen LogP contribution in [0.3, 0.4) is 0 Å². The Balaban J connectivity index is 1.61. The fourth-order valence-corrected chi connectivity index (χ4v) is 5.08. The summed E-state index contributed by atoms with van der Waals surface area (Å²) in [6.07, 6.45) is 1.71. The first-order valence-electron chi connectivity index (χ1n) is 9.08. The third-order valence-electron chi connectivity index (χ3n) is 5.22. The number of benzene rings is 1. The van der Waals surface area contributed by atoms with Crippen LogP contribution in [-0.4, -0.2) is 69.4 Å². The van der Waals surface area contributed by atoms with E-state index in [0.29, 0.717) is 38.0 Å². The molecule has 8 heteroatoms. The maximum Gasteiger partial charge on any atom is 0.243 e. The predicted octanol–water partition coefficient (Wildman–Crippen LogP) is 0.916. The first-order chi connectivity index (χ1) is 12.4. The normalized spacial score (nSPS) is 25.1. The van der Waals surface area contributed by atoms with E-state index in [-0.39, 0.29) is 16.7 Å². The molecule has 2 aliphatic rings. The second-order valence-corrected chi connectivity index (χ2v) is 8.92. The van der Waals surface area contributed by atoms with Gasteiger partial charge >= 0.3 is 0 Å². The van der Waals surface area contributed by atoms with Crippen LogP contribution in [0.15, 0.2) is 29.2 Å². The highest BCUT2D eigenvalue weighted by Crippen LogP contribution is 2.23. The Morgan fingerprint density at radius 3 is 2.38 bits per heavy atom. The van der Waals surface area contributed by atoms with Gasteiger partial charge in [-0.05, 0) is 50.6 Å². The molecule has 26 heavy (non-hydrogen) atoms. The molecule has 1 aromatic rings. The van der Waals surface area contributed by atoms with Crippen molar-refractivity contribution in [3.8, 4) is 5.75 Å². The van der Waals surface area contributed by atoms with Gasteiger partial charge in [0.1, 0.15) is 5.75 Å². The number of piperazine rings is 1. The van der Waals surface area contributed by atoms with Crippen LogP contribution in [0.25, 0.3) is 0 Å². The van der Waals surface area contributed by atoms with Crippen LogP contribution in [0.1, 0.15) is 19.8 Å². The smallest absolute Gasteiger partial charge is 0.243 e. The first-order valence-corrected chi connectivity index (χ1v) is 10.5. The van der Waals surface area contributed by atoms with Crippen molar-refractivity contribution >= 4 is 15.9 Å². The molecule has 3 rings (SSSR count). The number of piperidine rings is 1. The van der Waals surface area contributed by atoms with Crippen molar-refractivity contribution in [3.05, 3.63) is 24.3 Å². The molecular weight excluding hydrogens is 354 g/mol. The summed E-state index contributed by atoms with van der Waals surface area (Å²) in [6.45, 7) is 4.53. The average molecular weight is 381 g/mol. The van der Waals surface area contributed by atoms with Gasteiger partial charge in [0.2, 0.25) is 15.9 Å². The van der Waals surface area contributed by atoms with Crippen LogP contribution >= 0.6 is 0 Å². The minimum Gasteiger partial charge on any atom is -0.497 e. The molecule has 1 amide bonds. The van der Waals surface area contributed by atoms with Crippen LogP contribution in [0, 0.1) is 5.92 Å². The first kappa shape index (κ1) is 19.1. The van der Waals surface area contributed by atoms with E-state index < -0.39 is 10.0 Å². The number of hydrogen-bond acceptors (Lipinski definition) is 5. The van der Waals surface area contributed by atoms with Gasteiger partial charge in [0.15, 0.2) is 0 Å². The second kappa shape index (κ2) is 7.94. The lowest BCUT2D eigenvalue weighted by molar-refractivity contribution is -0.137. The van der Waals surface area contributed by atoms with Gasteiger partial charge in [-0.25, -0.2) is 8.42 Å². The molecule has 0 bridgehead atoms. The highest BCUT2D eigenvalue weighted by atomic mass is 32.2. The Morgan fingerprint density at radius 1 is 1.15 bits per heavy atom. The number of methoxy groups -OCH3 is 1. The number of rotatable bonds is 4. The Kier molecular flexibility index (Phi) is 5.84. The summed E-state index contributed by atoms with van der Waals surface area (Å²) in [6, 6.07) is 6.76. The van der Waals surface area contributed by atoms with Crippen molar-refractivity contribution in [2.45, 2.75) is 30.7 Å². The van der Waals surface area contributed by atoms with E-state index in [0.717, 1.165) is 19.4 Å². The van der Waals surface area contributed by atoms with Gasteiger partial charge in [-0.3, -0.25) is 4.79 Å². The van der Waals surface area contributed by atoms with E-state index in [2.05, 4.69) is 12.2 Å². The number of ether oxygens (including phenoxy) is 1. The third-order valence-corrected chi connectivity index (χ3v) is 7.13. The van der Waals surface area contributed by atoms with E-state index in [1.807, 2.05) is 4.90 Å². The zero-order valence-electron chi connectivity index (χ0n) is 15.3. The Labute approximate surface area is 155 Å². The molecule has 2 fully saturated rings. The van der Waals surface area contributed by atoms with Gasteiger partial charge in [-0.2, -0.15) is 4.31 Å². The quantitative estimate of drug-likeness (QED) is 0.839. The predicted molar refractivity (Wildman–Crippen MR) is 98.5 cm³/mol. The Morgan fingerprint density at radius 2 is 1.81 bits per heavy atom. The van der Waals surface area contributed by atoms with Crippen molar-refractivity contribution in [1.29, 1.82) is 0 Å². The van der Waals surface area contributed by atoms with Gasteiger partial charge in [-0.15, -0.1) is 0 Å². The molecule has 144 valence electrons. The molecule has 0 unspecified atom stereocenters. The van der Waals surface area contributed by atoms with Gasteiger partial charge in [0.05, 0.1) is 12.0 Å². The number of carbonyl (C=O) groups excluding carboxylic acids is 1. The summed E-state index contributed by atoms with van der Waals surface area (Å²) in [7, 11) is -2.00. The van der Waals surface area contributed by atoms with Crippen LogP contribution in [0.2, 0.25) is 0 Å². The minimum atomic E-state index is -3.54. The van der Waals surface area contributed by atoms with Crippen molar-refractivity contribution in [1.82, 2.24) is 14.5 Å². The minimum absolute atomic E-state index is 0.0518. The number of carbonyl (C=O) groups is 1. The Bertz CT molecular complexity index is 727. The molecule has 0 aliphatic carbocycles. The lowest BCUT2D eigenvalue weighted by atomic mass is 9.92. The zero-order chi connectivity index (χ0) is 18.7. The number of amides is 1. The number of nitrogens with zero attached hydrogens (tertiary/aromatic N) is 2. The third kappa shape index (κ3) is 4.02. The maximum absolute atomic E-state index is 12.8. The van der Waals surface area contributed by atoms with E-state index in [1.165, 1.54) is 4.31 Å². The van der Waals surface area contributed by atoms with E-state index >= 15 is 0 Å². The van der Waals surface area contributed by atoms with Gasteiger partial charge in [0, 0.05) is 38.1 Å². The number of hydrogen-bond donors (Lipinski definition) is 1.